The van der Waals surface area contributed by atoms with E-state index in [9.17, 15) is 4.79 Å². The highest BCUT2D eigenvalue weighted by atomic mass is 16.1. The Morgan fingerprint density at radius 3 is 2.55 bits per heavy atom. The van der Waals surface area contributed by atoms with E-state index in [0.717, 1.165) is 47.8 Å². The van der Waals surface area contributed by atoms with Gasteiger partial charge in [0.15, 0.2) is 0 Å². The largest absolute Gasteiger partial charge is 0.330 e. The summed E-state index contributed by atoms with van der Waals surface area (Å²) in [6.45, 7) is 4.33. The summed E-state index contributed by atoms with van der Waals surface area (Å²) in [5, 5.41) is 1.13. The van der Waals surface area contributed by atoms with E-state index in [2.05, 4.69) is 31.0 Å². The average Bonchev–Trinajstić information content (AvgIpc) is 2.83. The first-order valence-corrected chi connectivity index (χ1v) is 7.40. The molecule has 0 atom stereocenters. The van der Waals surface area contributed by atoms with Crippen LogP contribution in [0.3, 0.4) is 0 Å². The lowest BCUT2D eigenvalue weighted by atomic mass is 10.0. The number of nitrogens with zero attached hydrogens (tertiary/aromatic N) is 1. The number of para-hydroxylation sites is 1. The van der Waals surface area contributed by atoms with Crippen LogP contribution in [0.1, 0.15) is 37.9 Å². The zero-order valence-corrected chi connectivity index (χ0v) is 12.1. The lowest BCUT2D eigenvalue weighted by molar-refractivity contribution is 0.807. The highest BCUT2D eigenvalue weighted by Gasteiger charge is 2.13. The fourth-order valence-corrected chi connectivity index (χ4v) is 3.00. The van der Waals surface area contributed by atoms with Crippen molar-refractivity contribution in [3.05, 3.63) is 52.1 Å². The van der Waals surface area contributed by atoms with E-state index in [1.165, 1.54) is 5.56 Å². The average molecular weight is 268 g/mol. The number of hydrogen-bond acceptors (Lipinski definition) is 1. The lowest BCUT2D eigenvalue weighted by Crippen LogP contribution is -2.20. The first-order chi connectivity index (χ1) is 9.76. The fourth-order valence-electron chi connectivity index (χ4n) is 3.00. The van der Waals surface area contributed by atoms with Gasteiger partial charge in [0.2, 0.25) is 0 Å². The molecule has 3 nitrogen and oxygen atoms in total. The number of H-pyrrole nitrogens is 1. The molecule has 0 fully saturated rings. The molecule has 1 aromatic carbocycles. The second-order valence-corrected chi connectivity index (χ2v) is 5.31. The van der Waals surface area contributed by atoms with Crippen LogP contribution in [0.4, 0.5) is 0 Å². The number of fused-ring (bicyclic) bond motifs is 3. The van der Waals surface area contributed by atoms with Crippen molar-refractivity contribution in [2.24, 2.45) is 0 Å². The van der Waals surface area contributed by atoms with Crippen molar-refractivity contribution in [3.63, 3.8) is 0 Å². The second-order valence-electron chi connectivity index (χ2n) is 5.31. The van der Waals surface area contributed by atoms with Gasteiger partial charge in [-0.3, -0.25) is 4.40 Å². The molecule has 104 valence electrons. The Balaban J connectivity index is 2.42. The molecule has 0 saturated heterocycles. The third-order valence-electron chi connectivity index (χ3n) is 3.85. The van der Waals surface area contributed by atoms with Crippen molar-refractivity contribution in [3.8, 4) is 0 Å². The Bertz CT molecular complexity index is 811. The zero-order valence-electron chi connectivity index (χ0n) is 12.1. The molecule has 0 unspecified atom stereocenters. The first-order valence-electron chi connectivity index (χ1n) is 7.40. The van der Waals surface area contributed by atoms with Crippen LogP contribution in [0.5, 0.6) is 0 Å². The maximum Gasteiger partial charge on any atom is 0.330 e. The molecule has 2 aromatic heterocycles. The standard InChI is InChI=1S/C17H20N2O/c1-3-7-13-14(8-4-2)18-17(20)19-15-10-6-5-9-12(15)11-16(13)19/h5-6,9-11H,3-4,7-8H2,1-2H3,(H,18,20). The number of aromatic amines is 1. The third-order valence-corrected chi connectivity index (χ3v) is 3.85. The van der Waals surface area contributed by atoms with Crippen LogP contribution in [-0.4, -0.2) is 9.38 Å². The van der Waals surface area contributed by atoms with Crippen LogP contribution in [0.15, 0.2) is 35.1 Å². The van der Waals surface area contributed by atoms with Crippen molar-refractivity contribution >= 4 is 16.4 Å². The highest BCUT2D eigenvalue weighted by Crippen LogP contribution is 2.23. The number of nitrogens with one attached hydrogen (secondary N) is 1. The molecule has 0 amide bonds. The maximum atomic E-state index is 12.4. The van der Waals surface area contributed by atoms with Gasteiger partial charge in [-0.2, -0.15) is 0 Å². The van der Waals surface area contributed by atoms with Crippen molar-refractivity contribution in [2.75, 3.05) is 0 Å². The molecule has 20 heavy (non-hydrogen) atoms. The molecular weight excluding hydrogens is 248 g/mol. The van der Waals surface area contributed by atoms with Gasteiger partial charge in [0, 0.05) is 11.1 Å². The van der Waals surface area contributed by atoms with E-state index < -0.39 is 0 Å². The van der Waals surface area contributed by atoms with Crippen molar-refractivity contribution < 1.29 is 0 Å². The molecule has 0 aliphatic rings. The molecule has 3 heteroatoms. The van der Waals surface area contributed by atoms with Gasteiger partial charge in [0.05, 0.1) is 11.0 Å². The summed E-state index contributed by atoms with van der Waals surface area (Å²) < 4.78 is 1.82. The minimum Gasteiger partial charge on any atom is -0.311 e. The summed E-state index contributed by atoms with van der Waals surface area (Å²) in [5.74, 6) is 0. The molecule has 0 aliphatic heterocycles. The molecule has 2 heterocycles. The van der Waals surface area contributed by atoms with Gasteiger partial charge in [0.1, 0.15) is 0 Å². The zero-order chi connectivity index (χ0) is 14.1. The molecule has 1 N–H and O–H groups in total. The second kappa shape index (κ2) is 5.16. The molecule has 0 aliphatic carbocycles. The SMILES string of the molecule is CCCc1[nH]c(=O)n2c(cc3ccccc32)c1CCC. The monoisotopic (exact) mass is 268 g/mol. The number of hydrogen-bond donors (Lipinski definition) is 1. The van der Waals surface area contributed by atoms with Crippen molar-refractivity contribution in [1.29, 1.82) is 0 Å². The highest BCUT2D eigenvalue weighted by molar-refractivity contribution is 5.88. The number of benzene rings is 1. The van der Waals surface area contributed by atoms with E-state index in [1.807, 2.05) is 22.6 Å². The van der Waals surface area contributed by atoms with Crippen molar-refractivity contribution in [2.45, 2.75) is 39.5 Å². The maximum absolute atomic E-state index is 12.4. The Hall–Kier alpha value is -2.03. The normalized spacial score (nSPS) is 11.5. The molecule has 3 aromatic rings. The van der Waals surface area contributed by atoms with Gasteiger partial charge < -0.3 is 4.98 Å². The Kier molecular flexibility index (Phi) is 3.35. The predicted molar refractivity (Wildman–Crippen MR) is 83.5 cm³/mol. The molecular formula is C17H20N2O. The topological polar surface area (TPSA) is 37.3 Å². The third kappa shape index (κ3) is 1.94. The smallest absolute Gasteiger partial charge is 0.311 e. The van der Waals surface area contributed by atoms with Crippen LogP contribution in [0.25, 0.3) is 16.4 Å². The van der Waals surface area contributed by atoms with Gasteiger partial charge in [0.25, 0.3) is 0 Å². The molecule has 0 spiro atoms. The number of rotatable bonds is 4. The van der Waals surface area contributed by atoms with E-state index in [4.69, 9.17) is 0 Å². The van der Waals surface area contributed by atoms with Crippen molar-refractivity contribution in [1.82, 2.24) is 9.38 Å². The van der Waals surface area contributed by atoms with E-state index in [-0.39, 0.29) is 5.69 Å². The summed E-state index contributed by atoms with van der Waals surface area (Å²) in [4.78, 5) is 15.5. The van der Waals surface area contributed by atoms with Crippen LogP contribution >= 0.6 is 0 Å². The summed E-state index contributed by atoms with van der Waals surface area (Å²) in [6.07, 6.45) is 4.07. The van der Waals surface area contributed by atoms with E-state index in [1.54, 1.807) is 0 Å². The summed E-state index contributed by atoms with van der Waals surface area (Å²) in [7, 11) is 0. The van der Waals surface area contributed by atoms with E-state index in [0.29, 0.717) is 0 Å². The minimum absolute atomic E-state index is 0.0236. The minimum atomic E-state index is -0.0236. The van der Waals surface area contributed by atoms with E-state index >= 15 is 0 Å². The molecule has 0 saturated carbocycles. The summed E-state index contributed by atoms with van der Waals surface area (Å²) in [5.41, 5.74) is 4.44. The van der Waals surface area contributed by atoms with Gasteiger partial charge >= 0.3 is 5.69 Å². The molecule has 0 radical (unpaired) electrons. The predicted octanol–water partition coefficient (Wildman–Crippen LogP) is 3.69. The lowest BCUT2D eigenvalue weighted by Gasteiger charge is -2.10. The quantitative estimate of drug-likeness (QED) is 0.770. The van der Waals surface area contributed by atoms with Gasteiger partial charge in [-0.15, -0.1) is 0 Å². The summed E-state index contributed by atoms with van der Waals surface area (Å²) in [6, 6.07) is 10.2. The molecule has 3 rings (SSSR count). The Labute approximate surface area is 118 Å². The Morgan fingerprint density at radius 1 is 1.05 bits per heavy atom. The number of aromatic nitrogens is 2. The van der Waals surface area contributed by atoms with Crippen LogP contribution in [0, 0.1) is 0 Å². The number of aryl methyl sites for hydroxylation is 2. The van der Waals surface area contributed by atoms with Gasteiger partial charge in [-0.05, 0) is 30.5 Å². The first kappa shape index (κ1) is 13.0. The van der Waals surface area contributed by atoms with Crippen LogP contribution in [-0.2, 0) is 12.8 Å². The van der Waals surface area contributed by atoms with Gasteiger partial charge in [-0.1, -0.05) is 44.9 Å². The fraction of sp³-hybridized carbons (Fsp3) is 0.353. The van der Waals surface area contributed by atoms with Crippen LogP contribution < -0.4 is 5.69 Å². The molecule has 0 bridgehead atoms. The summed E-state index contributed by atoms with van der Waals surface area (Å²) >= 11 is 0. The Morgan fingerprint density at radius 2 is 1.80 bits per heavy atom. The van der Waals surface area contributed by atoms with Crippen LogP contribution in [0.2, 0.25) is 0 Å². The van der Waals surface area contributed by atoms with Gasteiger partial charge in [-0.25, -0.2) is 4.79 Å².